The van der Waals surface area contributed by atoms with Crippen LogP contribution in [0.15, 0.2) is 31.0 Å². The van der Waals surface area contributed by atoms with Gasteiger partial charge in [-0.05, 0) is 18.6 Å². The van der Waals surface area contributed by atoms with Crippen LogP contribution in [0.25, 0.3) is 5.82 Å². The van der Waals surface area contributed by atoms with E-state index >= 15 is 0 Å². The van der Waals surface area contributed by atoms with E-state index in [9.17, 15) is 9.59 Å². The summed E-state index contributed by atoms with van der Waals surface area (Å²) in [6.07, 6.45) is 4.75. The summed E-state index contributed by atoms with van der Waals surface area (Å²) >= 11 is 0. The Bertz CT molecular complexity index is 609. The molecule has 0 saturated heterocycles. The Balaban J connectivity index is 2.04. The van der Waals surface area contributed by atoms with E-state index in [-0.39, 0.29) is 12.3 Å². The fourth-order valence-corrected chi connectivity index (χ4v) is 1.76. The Kier molecular flexibility index (Phi) is 4.60. The molecule has 2 aromatic heterocycles. The van der Waals surface area contributed by atoms with E-state index in [1.807, 2.05) is 6.92 Å². The molecule has 1 atom stereocenters. The molecule has 21 heavy (non-hydrogen) atoms. The van der Waals surface area contributed by atoms with E-state index in [2.05, 4.69) is 20.4 Å². The van der Waals surface area contributed by atoms with Crippen molar-refractivity contribution in [3.8, 4) is 5.82 Å². The van der Waals surface area contributed by atoms with Gasteiger partial charge in [0.15, 0.2) is 5.82 Å². The lowest BCUT2D eigenvalue weighted by Gasteiger charge is -2.14. The first-order chi connectivity index (χ1) is 10.1. The number of pyridine rings is 1. The zero-order valence-electron chi connectivity index (χ0n) is 11.4. The second kappa shape index (κ2) is 6.60. The van der Waals surface area contributed by atoms with Gasteiger partial charge >= 0.3 is 5.97 Å². The van der Waals surface area contributed by atoms with Crippen molar-refractivity contribution in [1.82, 2.24) is 25.1 Å². The fourth-order valence-electron chi connectivity index (χ4n) is 1.76. The van der Waals surface area contributed by atoms with Crippen LogP contribution in [0.2, 0.25) is 0 Å². The smallest absolute Gasteiger partial charge is 0.305 e. The molecule has 1 amide bonds. The summed E-state index contributed by atoms with van der Waals surface area (Å²) in [7, 11) is 0. The van der Waals surface area contributed by atoms with Gasteiger partial charge in [-0.3, -0.25) is 9.59 Å². The Morgan fingerprint density at radius 2 is 2.24 bits per heavy atom. The van der Waals surface area contributed by atoms with Crippen LogP contribution >= 0.6 is 0 Å². The van der Waals surface area contributed by atoms with Crippen LogP contribution in [0.5, 0.6) is 0 Å². The van der Waals surface area contributed by atoms with E-state index < -0.39 is 12.0 Å². The van der Waals surface area contributed by atoms with Crippen LogP contribution in [0.3, 0.4) is 0 Å². The van der Waals surface area contributed by atoms with Crippen molar-refractivity contribution in [2.45, 2.75) is 25.8 Å². The first-order valence-corrected chi connectivity index (χ1v) is 6.44. The number of nitrogens with zero attached hydrogens (tertiary/aromatic N) is 4. The maximum Gasteiger partial charge on any atom is 0.305 e. The molecule has 2 rings (SSSR count). The number of carbonyl (C=O) groups excluding carboxylic acids is 1. The number of nitrogens with one attached hydrogen (secondary N) is 1. The first-order valence-electron chi connectivity index (χ1n) is 6.44. The highest BCUT2D eigenvalue weighted by atomic mass is 16.4. The van der Waals surface area contributed by atoms with Crippen LogP contribution < -0.4 is 5.32 Å². The highest BCUT2D eigenvalue weighted by Gasteiger charge is 2.15. The van der Waals surface area contributed by atoms with Gasteiger partial charge in [-0.2, -0.15) is 5.10 Å². The second-order valence-corrected chi connectivity index (χ2v) is 4.42. The largest absolute Gasteiger partial charge is 0.481 e. The van der Waals surface area contributed by atoms with E-state index in [1.165, 1.54) is 23.5 Å². The molecule has 8 heteroatoms. The SMILES string of the molecule is CCC(CC(=O)O)NC(=O)c1ccc(-n2cncn2)nc1. The third-order valence-corrected chi connectivity index (χ3v) is 2.91. The van der Waals surface area contributed by atoms with Crippen molar-refractivity contribution in [2.75, 3.05) is 0 Å². The molecule has 0 spiro atoms. The standard InChI is InChI=1S/C13H15N5O3/c1-2-10(5-12(19)20)17-13(21)9-3-4-11(15-6-9)18-8-14-7-16-18/h3-4,6-8,10H,2,5H2,1H3,(H,17,21)(H,19,20). The second-order valence-electron chi connectivity index (χ2n) is 4.42. The van der Waals surface area contributed by atoms with Gasteiger partial charge in [0.05, 0.1) is 12.0 Å². The number of carboxylic acid groups (broad SMARTS) is 1. The summed E-state index contributed by atoms with van der Waals surface area (Å²) < 4.78 is 1.47. The average Bonchev–Trinajstić information content (AvgIpc) is 3.00. The normalized spacial score (nSPS) is 11.9. The number of carboxylic acids is 1. The molecular weight excluding hydrogens is 274 g/mol. The average molecular weight is 289 g/mol. The summed E-state index contributed by atoms with van der Waals surface area (Å²) in [4.78, 5) is 30.6. The number of rotatable bonds is 6. The molecule has 0 radical (unpaired) electrons. The van der Waals surface area contributed by atoms with Crippen molar-refractivity contribution in [3.63, 3.8) is 0 Å². The van der Waals surface area contributed by atoms with Gasteiger partial charge in [0, 0.05) is 12.2 Å². The zero-order valence-corrected chi connectivity index (χ0v) is 11.4. The van der Waals surface area contributed by atoms with E-state index in [0.717, 1.165) is 0 Å². The molecule has 0 aliphatic carbocycles. The number of aliphatic carboxylic acids is 1. The molecule has 0 bridgehead atoms. The molecule has 110 valence electrons. The van der Waals surface area contributed by atoms with E-state index in [1.54, 1.807) is 12.1 Å². The Hall–Kier alpha value is -2.77. The minimum Gasteiger partial charge on any atom is -0.481 e. The van der Waals surface area contributed by atoms with Gasteiger partial charge < -0.3 is 10.4 Å². The maximum absolute atomic E-state index is 12.0. The molecule has 0 fully saturated rings. The highest BCUT2D eigenvalue weighted by molar-refractivity contribution is 5.94. The van der Waals surface area contributed by atoms with Gasteiger partial charge in [0.1, 0.15) is 12.7 Å². The highest BCUT2D eigenvalue weighted by Crippen LogP contribution is 2.06. The molecule has 2 heterocycles. The zero-order chi connectivity index (χ0) is 15.2. The van der Waals surface area contributed by atoms with Crippen LogP contribution in [0.4, 0.5) is 0 Å². The molecule has 0 aliphatic rings. The fraction of sp³-hybridized carbons (Fsp3) is 0.308. The van der Waals surface area contributed by atoms with Crippen LogP contribution in [0.1, 0.15) is 30.1 Å². The number of carbonyl (C=O) groups is 2. The number of aromatic nitrogens is 4. The Labute approximate surface area is 120 Å². The third kappa shape index (κ3) is 3.85. The van der Waals surface area contributed by atoms with Gasteiger partial charge in [0.2, 0.25) is 0 Å². The third-order valence-electron chi connectivity index (χ3n) is 2.91. The van der Waals surface area contributed by atoms with Gasteiger partial charge in [0.25, 0.3) is 5.91 Å². The van der Waals surface area contributed by atoms with E-state index in [0.29, 0.717) is 17.8 Å². The van der Waals surface area contributed by atoms with Crippen LogP contribution in [0, 0.1) is 0 Å². The summed E-state index contributed by atoms with van der Waals surface area (Å²) in [5.41, 5.74) is 0.364. The number of hydrogen-bond acceptors (Lipinski definition) is 5. The minimum absolute atomic E-state index is 0.104. The van der Waals surface area contributed by atoms with Crippen LogP contribution in [-0.4, -0.2) is 42.8 Å². The van der Waals surface area contributed by atoms with Crippen LogP contribution in [-0.2, 0) is 4.79 Å². The monoisotopic (exact) mass is 289 g/mol. The lowest BCUT2D eigenvalue weighted by Crippen LogP contribution is -2.36. The Morgan fingerprint density at radius 3 is 2.76 bits per heavy atom. The molecule has 0 aromatic carbocycles. The van der Waals surface area contributed by atoms with Gasteiger partial charge in [-0.1, -0.05) is 6.92 Å². The molecule has 2 N–H and O–H groups in total. The van der Waals surface area contributed by atoms with Gasteiger partial charge in [-0.15, -0.1) is 0 Å². The van der Waals surface area contributed by atoms with Crippen molar-refractivity contribution in [1.29, 1.82) is 0 Å². The lowest BCUT2D eigenvalue weighted by molar-refractivity contribution is -0.137. The molecule has 1 unspecified atom stereocenters. The maximum atomic E-state index is 12.0. The predicted octanol–water partition coefficient (Wildman–Crippen LogP) is 0.645. The molecular formula is C13H15N5O3. The van der Waals surface area contributed by atoms with Crippen molar-refractivity contribution in [2.24, 2.45) is 0 Å². The minimum atomic E-state index is -0.943. The summed E-state index contributed by atoms with van der Waals surface area (Å²) in [6.45, 7) is 1.82. The van der Waals surface area contributed by atoms with E-state index in [4.69, 9.17) is 5.11 Å². The number of hydrogen-bond donors (Lipinski definition) is 2. The summed E-state index contributed by atoms with van der Waals surface area (Å²) in [5.74, 6) is -0.746. The van der Waals surface area contributed by atoms with Crippen molar-refractivity contribution in [3.05, 3.63) is 36.5 Å². The number of amides is 1. The summed E-state index contributed by atoms with van der Waals surface area (Å²) in [5, 5.41) is 15.4. The Morgan fingerprint density at radius 1 is 1.43 bits per heavy atom. The van der Waals surface area contributed by atoms with Crippen molar-refractivity contribution < 1.29 is 14.7 Å². The van der Waals surface area contributed by atoms with Gasteiger partial charge in [-0.25, -0.2) is 14.6 Å². The van der Waals surface area contributed by atoms with Crippen molar-refractivity contribution >= 4 is 11.9 Å². The topological polar surface area (TPSA) is 110 Å². The summed E-state index contributed by atoms with van der Waals surface area (Å²) in [6, 6.07) is 2.85. The molecule has 8 nitrogen and oxygen atoms in total. The molecule has 2 aromatic rings. The quantitative estimate of drug-likeness (QED) is 0.807. The molecule has 0 aliphatic heterocycles. The predicted molar refractivity (Wildman–Crippen MR) is 73.0 cm³/mol. The first kappa shape index (κ1) is 14.6. The molecule has 0 saturated carbocycles. The lowest BCUT2D eigenvalue weighted by atomic mass is 10.1.